The number of benzene rings is 1. The standard InChI is InChI=1S/C19H28N2O3/c1-2-3-4-5-6-7-12-22-15-9-10-17-16(14-15)18(20)21-19(17)11-8-13-23-24-19/h9-10,14H,2-8,11-13H2,1H3,(H2,20,21). The molecule has 0 aromatic heterocycles. The van der Waals surface area contributed by atoms with Crippen molar-refractivity contribution in [1.82, 2.24) is 5.32 Å². The SMILES string of the molecule is CCCCCCCCOc1ccc2c(c1)C(=N)NC21CCCOO1. The van der Waals surface area contributed by atoms with Gasteiger partial charge in [-0.05, 0) is 31.0 Å². The fourth-order valence-corrected chi connectivity index (χ4v) is 3.41. The van der Waals surface area contributed by atoms with Crippen LogP contribution in [0.15, 0.2) is 18.2 Å². The molecule has 1 aromatic rings. The summed E-state index contributed by atoms with van der Waals surface area (Å²) < 4.78 is 5.87. The number of hydrogen-bond donors (Lipinski definition) is 2. The summed E-state index contributed by atoms with van der Waals surface area (Å²) in [6, 6.07) is 5.90. The largest absolute Gasteiger partial charge is 0.494 e. The maximum Gasteiger partial charge on any atom is 0.200 e. The van der Waals surface area contributed by atoms with Gasteiger partial charge in [0, 0.05) is 17.5 Å². The normalized spacial score (nSPS) is 22.5. The maximum absolute atomic E-state index is 8.19. The lowest BCUT2D eigenvalue weighted by Gasteiger charge is -2.32. The summed E-state index contributed by atoms with van der Waals surface area (Å²) in [4.78, 5) is 10.7. The lowest BCUT2D eigenvalue weighted by molar-refractivity contribution is -0.393. The summed E-state index contributed by atoms with van der Waals surface area (Å²) in [5, 5.41) is 11.3. The van der Waals surface area contributed by atoms with Crippen molar-refractivity contribution in [2.24, 2.45) is 0 Å². The molecule has 24 heavy (non-hydrogen) atoms. The second-order valence-electron chi connectivity index (χ2n) is 6.66. The highest BCUT2D eigenvalue weighted by molar-refractivity contribution is 6.02. The smallest absolute Gasteiger partial charge is 0.200 e. The molecule has 1 saturated heterocycles. The molecule has 0 amide bonds. The number of unbranched alkanes of at least 4 members (excludes halogenated alkanes) is 5. The van der Waals surface area contributed by atoms with E-state index in [1.54, 1.807) is 0 Å². The molecule has 132 valence electrons. The van der Waals surface area contributed by atoms with E-state index in [-0.39, 0.29) is 0 Å². The van der Waals surface area contributed by atoms with Crippen LogP contribution in [0.3, 0.4) is 0 Å². The molecule has 1 atom stereocenters. The van der Waals surface area contributed by atoms with E-state index >= 15 is 0 Å². The van der Waals surface area contributed by atoms with Gasteiger partial charge in [0.25, 0.3) is 0 Å². The van der Waals surface area contributed by atoms with Crippen molar-refractivity contribution in [2.75, 3.05) is 13.2 Å². The highest BCUT2D eigenvalue weighted by Crippen LogP contribution is 2.39. The Kier molecular flexibility index (Phi) is 5.74. The van der Waals surface area contributed by atoms with Gasteiger partial charge in [0.15, 0.2) is 0 Å². The van der Waals surface area contributed by atoms with E-state index in [0.29, 0.717) is 12.4 Å². The zero-order chi connectivity index (χ0) is 16.8. The Hall–Kier alpha value is -1.59. The third kappa shape index (κ3) is 3.73. The van der Waals surface area contributed by atoms with Crippen molar-refractivity contribution >= 4 is 5.84 Å². The van der Waals surface area contributed by atoms with Crippen molar-refractivity contribution in [3.8, 4) is 5.75 Å². The van der Waals surface area contributed by atoms with E-state index < -0.39 is 5.72 Å². The summed E-state index contributed by atoms with van der Waals surface area (Å²) in [6.45, 7) is 3.57. The predicted octanol–water partition coefficient (Wildman–Crippen LogP) is 4.25. The van der Waals surface area contributed by atoms with Crippen molar-refractivity contribution < 1.29 is 14.5 Å². The Morgan fingerprint density at radius 1 is 1.21 bits per heavy atom. The number of hydrogen-bond acceptors (Lipinski definition) is 4. The quantitative estimate of drug-likeness (QED) is 0.552. The molecule has 2 aliphatic heterocycles. The molecule has 0 radical (unpaired) electrons. The molecular weight excluding hydrogens is 304 g/mol. The highest BCUT2D eigenvalue weighted by atomic mass is 17.2. The van der Waals surface area contributed by atoms with Crippen LogP contribution < -0.4 is 10.1 Å². The predicted molar refractivity (Wildman–Crippen MR) is 93.2 cm³/mol. The summed E-state index contributed by atoms with van der Waals surface area (Å²) in [6.07, 6.45) is 9.23. The average molecular weight is 332 g/mol. The van der Waals surface area contributed by atoms with E-state index in [9.17, 15) is 0 Å². The third-order valence-corrected chi connectivity index (χ3v) is 4.75. The topological polar surface area (TPSA) is 63.6 Å². The first-order valence-corrected chi connectivity index (χ1v) is 9.20. The molecule has 1 spiro atoms. The van der Waals surface area contributed by atoms with E-state index in [0.717, 1.165) is 42.7 Å². The third-order valence-electron chi connectivity index (χ3n) is 4.75. The summed E-state index contributed by atoms with van der Waals surface area (Å²) in [5.41, 5.74) is 1.13. The van der Waals surface area contributed by atoms with Crippen molar-refractivity contribution in [3.05, 3.63) is 29.3 Å². The van der Waals surface area contributed by atoms with E-state index in [4.69, 9.17) is 19.9 Å². The Morgan fingerprint density at radius 2 is 2.04 bits per heavy atom. The van der Waals surface area contributed by atoms with Gasteiger partial charge >= 0.3 is 0 Å². The molecule has 2 aliphatic rings. The highest BCUT2D eigenvalue weighted by Gasteiger charge is 2.45. The van der Waals surface area contributed by atoms with E-state index in [1.165, 1.54) is 32.1 Å². The van der Waals surface area contributed by atoms with Gasteiger partial charge < -0.3 is 10.1 Å². The molecule has 5 nitrogen and oxygen atoms in total. The van der Waals surface area contributed by atoms with Crippen LogP contribution in [0.1, 0.15) is 69.4 Å². The van der Waals surface area contributed by atoms with Gasteiger partial charge in [0.05, 0.1) is 13.2 Å². The lowest BCUT2D eigenvalue weighted by atomic mass is 9.97. The van der Waals surface area contributed by atoms with Crippen LogP contribution in [0.4, 0.5) is 0 Å². The van der Waals surface area contributed by atoms with Crippen LogP contribution in [0, 0.1) is 5.41 Å². The molecular formula is C19H28N2O3. The van der Waals surface area contributed by atoms with Crippen molar-refractivity contribution in [2.45, 2.75) is 64.0 Å². The van der Waals surface area contributed by atoms with Gasteiger partial charge in [-0.25, -0.2) is 9.78 Å². The van der Waals surface area contributed by atoms with Crippen molar-refractivity contribution in [3.63, 3.8) is 0 Å². The van der Waals surface area contributed by atoms with Gasteiger partial charge in [0.2, 0.25) is 5.72 Å². The first kappa shape index (κ1) is 17.2. The molecule has 1 unspecified atom stereocenters. The molecule has 2 heterocycles. The Balaban J connectivity index is 1.55. The molecule has 0 bridgehead atoms. The first-order valence-electron chi connectivity index (χ1n) is 9.20. The molecule has 2 N–H and O–H groups in total. The second-order valence-corrected chi connectivity index (χ2v) is 6.66. The fourth-order valence-electron chi connectivity index (χ4n) is 3.41. The van der Waals surface area contributed by atoms with E-state index in [2.05, 4.69) is 12.2 Å². The number of amidine groups is 1. The van der Waals surface area contributed by atoms with Crippen molar-refractivity contribution in [1.29, 1.82) is 5.41 Å². The lowest BCUT2D eigenvalue weighted by Crippen LogP contribution is -2.44. The minimum atomic E-state index is -0.692. The number of ether oxygens (including phenoxy) is 1. The second kappa shape index (κ2) is 7.99. The number of rotatable bonds is 8. The van der Waals surface area contributed by atoms with E-state index in [1.807, 2.05) is 18.2 Å². The Bertz CT molecular complexity index is 568. The van der Waals surface area contributed by atoms with Crippen LogP contribution in [0.2, 0.25) is 0 Å². The maximum atomic E-state index is 8.19. The van der Waals surface area contributed by atoms with Gasteiger partial charge in [-0.1, -0.05) is 39.0 Å². The monoisotopic (exact) mass is 332 g/mol. The zero-order valence-electron chi connectivity index (χ0n) is 14.5. The Labute approximate surface area is 144 Å². The number of nitrogens with one attached hydrogen (secondary N) is 2. The summed E-state index contributed by atoms with van der Waals surface area (Å²) >= 11 is 0. The van der Waals surface area contributed by atoms with Crippen LogP contribution in [-0.4, -0.2) is 19.0 Å². The molecule has 0 saturated carbocycles. The number of fused-ring (bicyclic) bond motifs is 2. The van der Waals surface area contributed by atoms with Crippen LogP contribution in [0.5, 0.6) is 5.75 Å². The molecule has 1 aromatic carbocycles. The first-order chi connectivity index (χ1) is 11.7. The summed E-state index contributed by atoms with van der Waals surface area (Å²) in [7, 11) is 0. The fraction of sp³-hybridized carbons (Fsp3) is 0.632. The molecule has 0 aliphatic carbocycles. The minimum absolute atomic E-state index is 0.375. The Morgan fingerprint density at radius 3 is 2.83 bits per heavy atom. The summed E-state index contributed by atoms with van der Waals surface area (Å²) in [5.74, 6) is 1.20. The zero-order valence-corrected chi connectivity index (χ0v) is 14.5. The average Bonchev–Trinajstić information content (AvgIpc) is 2.86. The molecule has 3 rings (SSSR count). The van der Waals surface area contributed by atoms with Crippen LogP contribution in [0.25, 0.3) is 0 Å². The van der Waals surface area contributed by atoms with Gasteiger partial charge in [-0.15, -0.1) is 0 Å². The van der Waals surface area contributed by atoms with Gasteiger partial charge in [0.1, 0.15) is 11.6 Å². The van der Waals surface area contributed by atoms with Crippen LogP contribution >= 0.6 is 0 Å². The minimum Gasteiger partial charge on any atom is -0.494 e. The van der Waals surface area contributed by atoms with Gasteiger partial charge in [-0.2, -0.15) is 0 Å². The van der Waals surface area contributed by atoms with Crippen LogP contribution in [-0.2, 0) is 15.5 Å². The molecule has 5 heteroatoms. The molecule has 1 fully saturated rings. The van der Waals surface area contributed by atoms with Gasteiger partial charge in [-0.3, -0.25) is 5.41 Å².